The van der Waals surface area contributed by atoms with Crippen molar-refractivity contribution in [2.75, 3.05) is 38.4 Å². The molecule has 1 saturated carbocycles. The van der Waals surface area contributed by atoms with E-state index >= 15 is 0 Å². The molecule has 1 aromatic carbocycles. The number of amides is 3. The number of carbonyl (C=O) groups excluding carboxylic acids is 3. The van der Waals surface area contributed by atoms with Crippen LogP contribution in [-0.2, 0) is 28.5 Å². The number of hydrogen-bond acceptors (Lipinski definition) is 9. The van der Waals surface area contributed by atoms with E-state index in [4.69, 9.17) is 18.9 Å². The number of hydrogen-bond donors (Lipinski definition) is 3. The van der Waals surface area contributed by atoms with Crippen molar-refractivity contribution in [2.24, 2.45) is 5.92 Å². The van der Waals surface area contributed by atoms with Crippen molar-refractivity contribution in [3.8, 4) is 0 Å². The van der Waals surface area contributed by atoms with Crippen LogP contribution in [0.3, 0.4) is 0 Å². The minimum absolute atomic E-state index is 0.0382. The van der Waals surface area contributed by atoms with Gasteiger partial charge in [-0.1, -0.05) is 11.6 Å². The van der Waals surface area contributed by atoms with Crippen molar-refractivity contribution < 1.29 is 33.3 Å². The lowest BCUT2D eigenvalue weighted by molar-refractivity contribution is -0.124. The molecule has 214 valence electrons. The van der Waals surface area contributed by atoms with E-state index in [2.05, 4.69) is 42.8 Å². The SMILES string of the molecule is CNCC(=O)Nc1ccc(SCC(=O)NC(=O)OC2CC[C@]3(CO3)C(C3(C)O[C@@H]3CC=C(C)C)C2OC)cc1. The first-order valence-electron chi connectivity index (χ1n) is 13.3. The Morgan fingerprint density at radius 3 is 2.51 bits per heavy atom. The average Bonchev–Trinajstić information content (AvgIpc) is 3.80. The zero-order valence-corrected chi connectivity index (χ0v) is 24.0. The molecule has 0 aromatic heterocycles. The Bertz CT molecular complexity index is 1090. The molecule has 0 radical (unpaired) electrons. The summed E-state index contributed by atoms with van der Waals surface area (Å²) in [6.07, 6.45) is 2.63. The fraction of sp³-hybridized carbons (Fsp3) is 0.607. The van der Waals surface area contributed by atoms with Crippen molar-refractivity contribution in [2.45, 2.75) is 74.4 Å². The Morgan fingerprint density at radius 2 is 1.90 bits per heavy atom. The van der Waals surface area contributed by atoms with Crippen LogP contribution in [0.1, 0.15) is 40.0 Å². The van der Waals surface area contributed by atoms with E-state index < -0.39 is 29.8 Å². The minimum atomic E-state index is -0.787. The molecule has 11 heteroatoms. The van der Waals surface area contributed by atoms with Gasteiger partial charge in [-0.3, -0.25) is 14.9 Å². The fourth-order valence-corrected chi connectivity index (χ4v) is 6.23. The van der Waals surface area contributed by atoms with Gasteiger partial charge in [-0.15, -0.1) is 11.8 Å². The first kappa shape index (κ1) is 29.5. The molecular formula is C28H39N3O7S. The molecule has 4 rings (SSSR count). The van der Waals surface area contributed by atoms with E-state index in [-0.39, 0.29) is 35.8 Å². The first-order valence-corrected chi connectivity index (χ1v) is 14.2. The zero-order chi connectivity index (χ0) is 28.2. The molecule has 10 nitrogen and oxygen atoms in total. The third-order valence-corrected chi connectivity index (χ3v) is 8.59. The molecule has 1 aromatic rings. The number of epoxide rings is 2. The highest BCUT2D eigenvalue weighted by Gasteiger charge is 2.72. The lowest BCUT2D eigenvalue weighted by atomic mass is 9.68. The second kappa shape index (κ2) is 12.4. The molecule has 3 aliphatic rings. The first-order chi connectivity index (χ1) is 18.6. The monoisotopic (exact) mass is 561 g/mol. The lowest BCUT2D eigenvalue weighted by Crippen LogP contribution is -2.56. The predicted molar refractivity (Wildman–Crippen MR) is 148 cm³/mol. The van der Waals surface area contributed by atoms with Crippen LogP contribution in [-0.4, -0.2) is 80.5 Å². The number of likely N-dealkylation sites (N-methyl/N-ethyl adjacent to an activating group) is 1. The summed E-state index contributed by atoms with van der Waals surface area (Å²) in [4.78, 5) is 37.6. The molecule has 3 amide bonds. The van der Waals surface area contributed by atoms with Crippen molar-refractivity contribution in [1.82, 2.24) is 10.6 Å². The van der Waals surface area contributed by atoms with Gasteiger partial charge in [-0.25, -0.2) is 4.79 Å². The molecule has 3 fully saturated rings. The summed E-state index contributed by atoms with van der Waals surface area (Å²) in [5, 5.41) is 7.88. The molecule has 4 unspecified atom stereocenters. The largest absolute Gasteiger partial charge is 0.443 e. The lowest BCUT2D eigenvalue weighted by Gasteiger charge is -2.42. The molecule has 2 aliphatic heterocycles. The highest BCUT2D eigenvalue weighted by molar-refractivity contribution is 8.00. The summed E-state index contributed by atoms with van der Waals surface area (Å²) >= 11 is 1.28. The van der Waals surface area contributed by atoms with Gasteiger partial charge in [-0.05, 0) is 71.3 Å². The third kappa shape index (κ3) is 7.20. The van der Waals surface area contributed by atoms with Crippen LogP contribution < -0.4 is 16.0 Å². The normalized spacial score (nSPS) is 30.8. The standard InChI is InChI=1S/C28H39N3O7S/c1-17(2)6-11-21-27(3,38-21)25-24(35-5)20(12-13-28(25)16-36-28)37-26(34)31-23(33)15-39-19-9-7-18(8-10-19)30-22(32)14-29-4/h6-10,20-21,24-25,29H,11-16H2,1-5H3,(H,30,32)(H,31,33,34)/t20?,21-,24?,25?,27?,28+/m1/s1. The van der Waals surface area contributed by atoms with Crippen molar-refractivity contribution in [3.63, 3.8) is 0 Å². The van der Waals surface area contributed by atoms with Crippen molar-refractivity contribution in [3.05, 3.63) is 35.9 Å². The third-order valence-electron chi connectivity index (χ3n) is 7.58. The molecule has 6 atom stereocenters. The Morgan fingerprint density at radius 1 is 1.18 bits per heavy atom. The van der Waals surface area contributed by atoms with Gasteiger partial charge in [0.2, 0.25) is 11.8 Å². The summed E-state index contributed by atoms with van der Waals surface area (Å²) in [6, 6.07) is 7.13. The van der Waals surface area contributed by atoms with E-state index in [1.807, 2.05) is 0 Å². The van der Waals surface area contributed by atoms with Gasteiger partial charge in [0.1, 0.15) is 23.4 Å². The number of rotatable bonds is 11. The number of anilines is 1. The molecule has 1 aliphatic carbocycles. The molecule has 39 heavy (non-hydrogen) atoms. The Labute approximate surface area is 233 Å². The number of alkyl carbamates (subject to hydrolysis) is 1. The maximum atomic E-state index is 12.7. The van der Waals surface area contributed by atoms with Crippen molar-refractivity contribution in [1.29, 1.82) is 0 Å². The molecule has 2 saturated heterocycles. The Hall–Kier alpha value is -2.44. The highest BCUT2D eigenvalue weighted by atomic mass is 32.2. The van der Waals surface area contributed by atoms with Crippen LogP contribution in [0.4, 0.5) is 10.5 Å². The predicted octanol–water partition coefficient (Wildman–Crippen LogP) is 3.27. The number of nitrogens with one attached hydrogen (secondary N) is 3. The summed E-state index contributed by atoms with van der Waals surface area (Å²) in [5.41, 5.74) is 1.16. The van der Waals surface area contributed by atoms with Crippen molar-refractivity contribution >= 4 is 35.4 Å². The summed E-state index contributed by atoms with van der Waals surface area (Å²) in [6.45, 7) is 7.08. The van der Waals surface area contributed by atoms with E-state index in [1.54, 1.807) is 38.4 Å². The molecule has 3 N–H and O–H groups in total. The van der Waals surface area contributed by atoms with Crippen LogP contribution in [0.5, 0.6) is 0 Å². The maximum absolute atomic E-state index is 12.7. The van der Waals surface area contributed by atoms with Gasteiger partial charge in [0.05, 0.1) is 30.9 Å². The zero-order valence-electron chi connectivity index (χ0n) is 23.2. The second-order valence-electron chi connectivity index (χ2n) is 10.8. The van der Waals surface area contributed by atoms with E-state index in [9.17, 15) is 14.4 Å². The summed E-state index contributed by atoms with van der Waals surface area (Å²) < 4.78 is 23.7. The van der Waals surface area contributed by atoms with E-state index in [0.717, 1.165) is 17.7 Å². The number of imide groups is 1. The van der Waals surface area contributed by atoms with Gasteiger partial charge in [0, 0.05) is 17.7 Å². The number of allylic oxidation sites excluding steroid dienone is 1. The fourth-order valence-electron chi connectivity index (χ4n) is 5.54. The quantitative estimate of drug-likeness (QED) is 0.212. The molecular weight excluding hydrogens is 522 g/mol. The summed E-state index contributed by atoms with van der Waals surface area (Å²) in [5.74, 6) is -0.650. The summed E-state index contributed by atoms with van der Waals surface area (Å²) in [7, 11) is 3.31. The van der Waals surface area contributed by atoms with E-state index in [0.29, 0.717) is 18.7 Å². The van der Waals surface area contributed by atoms with Gasteiger partial charge in [-0.2, -0.15) is 0 Å². The second-order valence-corrected chi connectivity index (χ2v) is 11.8. The van der Waals surface area contributed by atoms with Gasteiger partial charge >= 0.3 is 6.09 Å². The highest BCUT2D eigenvalue weighted by Crippen LogP contribution is 2.59. The molecule has 2 heterocycles. The number of carbonyl (C=O) groups is 3. The Balaban J connectivity index is 1.28. The van der Waals surface area contributed by atoms with Crippen LogP contribution in [0, 0.1) is 5.92 Å². The smallest absolute Gasteiger partial charge is 0.414 e. The number of benzene rings is 1. The van der Waals surface area contributed by atoms with Gasteiger partial charge in [0.25, 0.3) is 0 Å². The van der Waals surface area contributed by atoms with Gasteiger partial charge < -0.3 is 29.6 Å². The van der Waals surface area contributed by atoms with Gasteiger partial charge in [0.15, 0.2) is 0 Å². The Kier molecular flexibility index (Phi) is 9.38. The average molecular weight is 562 g/mol. The van der Waals surface area contributed by atoms with Crippen LogP contribution >= 0.6 is 11.8 Å². The topological polar surface area (TPSA) is 131 Å². The number of ether oxygens (including phenoxy) is 4. The van der Waals surface area contributed by atoms with Crippen LogP contribution in [0.25, 0.3) is 0 Å². The van der Waals surface area contributed by atoms with Crippen LogP contribution in [0.2, 0.25) is 0 Å². The van der Waals surface area contributed by atoms with Crippen LogP contribution in [0.15, 0.2) is 40.8 Å². The van der Waals surface area contributed by atoms with E-state index in [1.165, 1.54) is 17.3 Å². The minimum Gasteiger partial charge on any atom is -0.443 e. The number of thioether (sulfide) groups is 1. The molecule has 0 bridgehead atoms. The molecule has 1 spiro atoms. The maximum Gasteiger partial charge on any atom is 0.414 e. The number of methoxy groups -OCH3 is 1.